The molecular weight excluding hydrogens is 479 g/mol. The molecule has 0 aromatic rings. The van der Waals surface area contributed by atoms with Gasteiger partial charge >= 0.3 is 69.3 Å². The summed E-state index contributed by atoms with van der Waals surface area (Å²) >= 11 is 0. The van der Waals surface area contributed by atoms with Crippen molar-refractivity contribution in [2.24, 2.45) is 5.41 Å². The van der Waals surface area contributed by atoms with Crippen molar-refractivity contribution in [2.45, 2.75) is 65.7 Å². The number of hydrogen-bond donors (Lipinski definition) is 1. The summed E-state index contributed by atoms with van der Waals surface area (Å²) in [7, 11) is -4.10. The number of carbonyl (C=O) groups excluding carboxylic acids is 3. The van der Waals surface area contributed by atoms with Gasteiger partial charge in [0.25, 0.3) is 10.1 Å². The van der Waals surface area contributed by atoms with Gasteiger partial charge in [0, 0.05) is 11.1 Å². The molecule has 0 radical (unpaired) electrons. The standard InChI is InChI=1S/C22H36O9S.K.H/c1-6-7-8-9-12-22(15-30-19(23)17(2)3,16-31-20(24)18(4)5)21(25)29-13-10-11-14-32(26,27)28;;/h2,4,6-16H2,1,3,5H3,(H,26,27,28);;/q;+1;-1. The summed E-state index contributed by atoms with van der Waals surface area (Å²) in [6.45, 7) is 11.2. The largest absolute Gasteiger partial charge is 1.00 e. The zero-order valence-corrected chi connectivity index (χ0v) is 24.3. The Kier molecular flexibility index (Phi) is 18.7. The second-order valence-corrected chi connectivity index (χ2v) is 9.51. The molecule has 0 spiro atoms. The van der Waals surface area contributed by atoms with Crippen LogP contribution in [0, 0.1) is 5.41 Å². The summed E-state index contributed by atoms with van der Waals surface area (Å²) < 4.78 is 46.2. The fraction of sp³-hybridized carbons (Fsp3) is 0.682. The van der Waals surface area contributed by atoms with Crippen LogP contribution in [0.1, 0.15) is 67.1 Å². The zero-order valence-electron chi connectivity index (χ0n) is 21.3. The Balaban J connectivity index is -0.00000480. The molecule has 0 aliphatic rings. The van der Waals surface area contributed by atoms with E-state index in [0.29, 0.717) is 6.42 Å². The number of ether oxygens (including phenoxy) is 3. The van der Waals surface area contributed by atoms with Crippen LogP contribution in [0.3, 0.4) is 0 Å². The third-order valence-corrected chi connectivity index (χ3v) is 5.43. The molecule has 0 aliphatic carbocycles. The number of unbranched alkanes of at least 4 members (excludes halogenated alkanes) is 4. The molecule has 0 saturated carbocycles. The smallest absolute Gasteiger partial charge is 1.00 e. The molecule has 0 aromatic carbocycles. The van der Waals surface area contributed by atoms with Gasteiger partial charge in [-0.25, -0.2) is 9.59 Å². The van der Waals surface area contributed by atoms with Crippen LogP contribution in [0.4, 0.5) is 0 Å². The second kappa shape index (κ2) is 17.8. The van der Waals surface area contributed by atoms with Crippen LogP contribution in [0.2, 0.25) is 0 Å². The minimum Gasteiger partial charge on any atom is -1.00 e. The summed E-state index contributed by atoms with van der Waals surface area (Å²) in [5, 5.41) is 0. The third-order valence-electron chi connectivity index (χ3n) is 4.63. The summed E-state index contributed by atoms with van der Waals surface area (Å²) in [4.78, 5) is 36.9. The van der Waals surface area contributed by atoms with Gasteiger partial charge < -0.3 is 15.6 Å². The van der Waals surface area contributed by atoms with Gasteiger partial charge in [-0.05, 0) is 33.1 Å². The van der Waals surface area contributed by atoms with Crippen LogP contribution >= 0.6 is 0 Å². The van der Waals surface area contributed by atoms with Gasteiger partial charge in [-0.3, -0.25) is 9.35 Å². The molecule has 0 rings (SSSR count). The third kappa shape index (κ3) is 15.9. The summed E-state index contributed by atoms with van der Waals surface area (Å²) in [6, 6.07) is 0. The van der Waals surface area contributed by atoms with E-state index in [2.05, 4.69) is 13.2 Å². The molecule has 33 heavy (non-hydrogen) atoms. The predicted octanol–water partition coefficient (Wildman–Crippen LogP) is 0.510. The van der Waals surface area contributed by atoms with Crippen LogP contribution in [0.15, 0.2) is 24.3 Å². The molecule has 0 heterocycles. The first-order valence-electron chi connectivity index (χ1n) is 10.6. The van der Waals surface area contributed by atoms with E-state index in [1.54, 1.807) is 0 Å². The Bertz CT molecular complexity index is 751. The fourth-order valence-corrected chi connectivity index (χ4v) is 3.22. The minimum atomic E-state index is -4.10. The van der Waals surface area contributed by atoms with Crippen molar-refractivity contribution >= 4 is 28.0 Å². The molecule has 0 saturated heterocycles. The molecule has 0 bridgehead atoms. The Morgan fingerprint density at radius 1 is 0.879 bits per heavy atom. The maximum atomic E-state index is 13.0. The molecule has 0 aliphatic heterocycles. The predicted molar refractivity (Wildman–Crippen MR) is 120 cm³/mol. The molecular formula is C22H37KO9S. The minimum absolute atomic E-state index is 0. The maximum absolute atomic E-state index is 13.0. The first-order chi connectivity index (χ1) is 14.8. The quantitative estimate of drug-likeness (QED) is 0.0733. The van der Waals surface area contributed by atoms with E-state index in [4.69, 9.17) is 18.8 Å². The molecule has 1 N–H and O–H groups in total. The Morgan fingerprint density at radius 3 is 1.82 bits per heavy atom. The molecule has 11 heteroatoms. The van der Waals surface area contributed by atoms with Gasteiger partial charge in [0.1, 0.15) is 18.6 Å². The van der Waals surface area contributed by atoms with E-state index in [0.717, 1.165) is 19.3 Å². The van der Waals surface area contributed by atoms with Crippen molar-refractivity contribution in [3.63, 3.8) is 0 Å². The molecule has 186 valence electrons. The molecule has 0 unspecified atom stereocenters. The van der Waals surface area contributed by atoms with E-state index in [1.807, 2.05) is 6.92 Å². The number of hydrogen-bond acceptors (Lipinski definition) is 8. The van der Waals surface area contributed by atoms with E-state index < -0.39 is 39.2 Å². The average Bonchev–Trinajstić information content (AvgIpc) is 2.70. The summed E-state index contributed by atoms with van der Waals surface area (Å²) in [5.74, 6) is -2.53. The summed E-state index contributed by atoms with van der Waals surface area (Å²) in [5.41, 5.74) is -1.11. The summed E-state index contributed by atoms with van der Waals surface area (Å²) in [6.07, 6.45) is 3.91. The number of rotatable bonds is 17. The van der Waals surface area contributed by atoms with Gasteiger partial charge in [0.15, 0.2) is 0 Å². The van der Waals surface area contributed by atoms with Crippen LogP contribution < -0.4 is 51.4 Å². The number of carbonyl (C=O) groups is 3. The Hall–Kier alpha value is -0.564. The van der Waals surface area contributed by atoms with E-state index in [9.17, 15) is 22.8 Å². The molecule has 9 nitrogen and oxygen atoms in total. The van der Waals surface area contributed by atoms with Gasteiger partial charge in [0.2, 0.25) is 0 Å². The van der Waals surface area contributed by atoms with Gasteiger partial charge in [0.05, 0.1) is 12.4 Å². The molecule has 0 aromatic heterocycles. The van der Waals surface area contributed by atoms with Crippen molar-refractivity contribution in [1.29, 1.82) is 0 Å². The first kappa shape index (κ1) is 34.6. The van der Waals surface area contributed by atoms with Crippen LogP contribution in [0.5, 0.6) is 0 Å². The van der Waals surface area contributed by atoms with E-state index in [1.165, 1.54) is 13.8 Å². The maximum Gasteiger partial charge on any atom is 1.00 e. The fourth-order valence-electron chi connectivity index (χ4n) is 2.65. The Morgan fingerprint density at radius 2 is 1.39 bits per heavy atom. The van der Waals surface area contributed by atoms with Gasteiger partial charge in [-0.15, -0.1) is 0 Å². The van der Waals surface area contributed by atoms with E-state index in [-0.39, 0.29) is 103 Å². The monoisotopic (exact) mass is 516 g/mol. The first-order valence-corrected chi connectivity index (χ1v) is 12.2. The van der Waals surface area contributed by atoms with E-state index >= 15 is 0 Å². The van der Waals surface area contributed by atoms with Gasteiger partial charge in [-0.1, -0.05) is 45.8 Å². The van der Waals surface area contributed by atoms with Crippen molar-refractivity contribution in [3.8, 4) is 0 Å². The van der Waals surface area contributed by atoms with Crippen LogP contribution in [-0.4, -0.2) is 56.5 Å². The van der Waals surface area contributed by atoms with Crippen LogP contribution in [-0.2, 0) is 38.7 Å². The molecule has 0 atom stereocenters. The number of esters is 3. The van der Waals surface area contributed by atoms with Crippen molar-refractivity contribution in [1.82, 2.24) is 0 Å². The topological polar surface area (TPSA) is 133 Å². The van der Waals surface area contributed by atoms with Crippen molar-refractivity contribution < 1.29 is 94.4 Å². The molecule has 0 fully saturated rings. The normalized spacial score (nSPS) is 11.2. The SMILES string of the molecule is C=C(C)C(=O)OCC(CCCCCC)(COC(=O)C(=C)C)C(=O)OCCCCS(=O)(=O)O.[H-].[K+]. The van der Waals surface area contributed by atoms with Crippen LogP contribution in [0.25, 0.3) is 0 Å². The molecule has 0 amide bonds. The average molecular weight is 517 g/mol. The Labute approximate surface area is 241 Å². The van der Waals surface area contributed by atoms with Crippen molar-refractivity contribution in [3.05, 3.63) is 24.3 Å². The second-order valence-electron chi connectivity index (χ2n) is 7.93. The van der Waals surface area contributed by atoms with Gasteiger partial charge in [-0.2, -0.15) is 8.42 Å². The zero-order chi connectivity index (χ0) is 24.8. The van der Waals surface area contributed by atoms with Crippen molar-refractivity contribution in [2.75, 3.05) is 25.6 Å².